The van der Waals surface area contributed by atoms with Gasteiger partial charge in [0.25, 0.3) is 11.8 Å². The Bertz CT molecular complexity index is 1770. The van der Waals surface area contributed by atoms with Gasteiger partial charge in [-0.1, -0.05) is 38.5 Å². The zero-order chi connectivity index (χ0) is 39.9. The van der Waals surface area contributed by atoms with Crippen LogP contribution in [0.3, 0.4) is 0 Å². The number of carbonyl (C=O) groups is 3. The number of hydrogen-bond donors (Lipinski definition) is 2. The predicted octanol–water partition coefficient (Wildman–Crippen LogP) is 7.76. The van der Waals surface area contributed by atoms with Crippen LogP contribution in [-0.4, -0.2) is 76.1 Å². The molecule has 10 nitrogen and oxygen atoms in total. The van der Waals surface area contributed by atoms with E-state index in [1.54, 1.807) is 31.2 Å². The fraction of sp³-hybridized carbons (Fsp3) is 0.514. The lowest BCUT2D eigenvalue weighted by Crippen LogP contribution is -2.67. The van der Waals surface area contributed by atoms with Crippen LogP contribution in [0, 0.1) is 0 Å². The summed E-state index contributed by atoms with van der Waals surface area (Å²) in [6, 6.07) is 7.25. The number of amides is 2. The van der Waals surface area contributed by atoms with Gasteiger partial charge in [-0.3, -0.25) is 19.4 Å². The second-order valence-electron chi connectivity index (χ2n) is 13.3. The van der Waals surface area contributed by atoms with Gasteiger partial charge in [-0.05, 0) is 44.2 Å². The minimum absolute atomic E-state index is 0.00664. The first-order valence-corrected chi connectivity index (χ1v) is 18.4. The second kappa shape index (κ2) is 17.4. The summed E-state index contributed by atoms with van der Waals surface area (Å²) in [4.78, 5) is 45.1. The third-order valence-corrected chi connectivity index (χ3v) is 10.6. The van der Waals surface area contributed by atoms with Crippen LogP contribution < -0.4 is 15.2 Å². The van der Waals surface area contributed by atoms with Crippen LogP contribution in [0.25, 0.3) is 0 Å². The molecule has 1 aliphatic rings. The Kier molecular flexibility index (Phi) is 13.6. The van der Waals surface area contributed by atoms with Gasteiger partial charge < -0.3 is 30.1 Å². The van der Waals surface area contributed by atoms with Crippen molar-refractivity contribution in [1.29, 1.82) is 0 Å². The lowest BCUT2D eigenvalue weighted by atomic mass is 9.79. The number of nitrogens with zero attached hydrogens (tertiary/aromatic N) is 3. The number of piperidine rings is 1. The van der Waals surface area contributed by atoms with Crippen LogP contribution in [0.4, 0.5) is 26.3 Å². The fourth-order valence-corrected chi connectivity index (χ4v) is 7.48. The third-order valence-electron chi connectivity index (χ3n) is 9.65. The number of carbonyl (C=O) groups excluding carboxylic acids is 2. The molecule has 4 rings (SSSR count). The van der Waals surface area contributed by atoms with E-state index < -0.39 is 63.3 Å². The van der Waals surface area contributed by atoms with Gasteiger partial charge in [-0.15, -0.1) is 11.3 Å². The highest BCUT2D eigenvalue weighted by atomic mass is 32.1. The zero-order valence-corrected chi connectivity index (χ0v) is 31.0. The Balaban J connectivity index is 1.71. The lowest BCUT2D eigenvalue weighted by Gasteiger charge is -2.49. The fourth-order valence-electron chi connectivity index (χ4n) is 6.81. The summed E-state index contributed by atoms with van der Waals surface area (Å²) in [5, 5.41) is 10.1. The van der Waals surface area contributed by atoms with Gasteiger partial charge >= 0.3 is 18.3 Å². The molecule has 0 spiro atoms. The molecule has 3 N–H and O–H groups in total. The van der Waals surface area contributed by atoms with Gasteiger partial charge in [0.05, 0.1) is 23.8 Å². The molecule has 3 atom stereocenters. The average Bonchev–Trinajstić information content (AvgIpc) is 3.61. The highest BCUT2D eigenvalue weighted by Crippen LogP contribution is 2.43. The van der Waals surface area contributed by atoms with Crippen molar-refractivity contribution in [3.8, 4) is 11.5 Å². The van der Waals surface area contributed by atoms with E-state index in [1.807, 2.05) is 6.92 Å². The number of para-hydroxylation sites is 1. The number of ether oxygens (including phenoxy) is 2. The Morgan fingerprint density at radius 3 is 2.44 bits per heavy atom. The van der Waals surface area contributed by atoms with E-state index in [-0.39, 0.29) is 64.0 Å². The van der Waals surface area contributed by atoms with Gasteiger partial charge in [0.15, 0.2) is 0 Å². The number of pyridine rings is 1. The summed E-state index contributed by atoms with van der Waals surface area (Å²) in [7, 11) is 1.47. The van der Waals surface area contributed by atoms with E-state index in [4.69, 9.17) is 20.3 Å². The molecule has 1 aliphatic heterocycles. The van der Waals surface area contributed by atoms with Crippen molar-refractivity contribution in [1.82, 2.24) is 14.8 Å². The van der Waals surface area contributed by atoms with E-state index >= 15 is 0 Å². The number of nitrogens with two attached hydrogens (primary N) is 1. The van der Waals surface area contributed by atoms with Gasteiger partial charge in [0.2, 0.25) is 5.60 Å². The van der Waals surface area contributed by atoms with Crippen LogP contribution in [0.15, 0.2) is 54.2 Å². The molecule has 3 aromatic rings. The van der Waals surface area contributed by atoms with E-state index in [0.29, 0.717) is 41.6 Å². The Labute approximate surface area is 313 Å². The van der Waals surface area contributed by atoms with Gasteiger partial charge in [0, 0.05) is 67.9 Å². The topological polar surface area (TPSA) is 135 Å². The smallest absolute Gasteiger partial charge is 0.425 e. The van der Waals surface area contributed by atoms with Crippen LogP contribution in [-0.2, 0) is 27.5 Å². The van der Waals surface area contributed by atoms with Crippen LogP contribution in [0.2, 0.25) is 0 Å². The van der Waals surface area contributed by atoms with Crippen molar-refractivity contribution < 1.29 is 55.3 Å². The van der Waals surface area contributed by atoms with E-state index in [1.165, 1.54) is 11.9 Å². The number of aromatic nitrogens is 1. The van der Waals surface area contributed by atoms with Crippen LogP contribution in [0.5, 0.6) is 11.5 Å². The lowest BCUT2D eigenvalue weighted by molar-refractivity contribution is -0.158. The maximum absolute atomic E-state index is 14.8. The monoisotopic (exact) mass is 786 g/mol. The Morgan fingerprint density at radius 2 is 1.81 bits per heavy atom. The summed E-state index contributed by atoms with van der Waals surface area (Å²) in [5.41, 5.74) is 2.58. The molecule has 2 amide bonds. The Morgan fingerprint density at radius 1 is 1.09 bits per heavy atom. The third kappa shape index (κ3) is 9.64. The van der Waals surface area contributed by atoms with Crippen LogP contribution in [0.1, 0.15) is 91.6 Å². The molecule has 54 heavy (non-hydrogen) atoms. The number of halogens is 6. The molecular weight excluding hydrogens is 742 g/mol. The molecule has 0 saturated carbocycles. The molecule has 2 aromatic heterocycles. The first-order valence-electron chi connectivity index (χ1n) is 17.5. The van der Waals surface area contributed by atoms with Crippen molar-refractivity contribution in [2.75, 3.05) is 26.7 Å². The molecule has 17 heteroatoms. The van der Waals surface area contributed by atoms with Gasteiger partial charge in [0.1, 0.15) is 16.4 Å². The predicted molar refractivity (Wildman–Crippen MR) is 188 cm³/mol. The number of likely N-dealkylation sites (tertiary alicyclic amines) is 1. The van der Waals surface area contributed by atoms with Crippen molar-refractivity contribution in [3.05, 3.63) is 75.7 Å². The number of likely N-dealkylation sites (N-methyl/N-ethyl adjacent to an activating group) is 1. The maximum Gasteiger partial charge on any atom is 0.425 e. The first-order chi connectivity index (χ1) is 25.4. The summed E-state index contributed by atoms with van der Waals surface area (Å²) in [6.07, 6.45) is -6.68. The highest BCUT2D eigenvalue weighted by Gasteiger charge is 2.55. The van der Waals surface area contributed by atoms with Crippen molar-refractivity contribution in [2.45, 2.75) is 94.7 Å². The van der Waals surface area contributed by atoms with Crippen molar-refractivity contribution in [3.63, 3.8) is 0 Å². The normalized spacial score (nSPS) is 18.9. The van der Waals surface area contributed by atoms with E-state index in [2.05, 4.69) is 4.98 Å². The van der Waals surface area contributed by atoms with E-state index in [9.17, 15) is 40.7 Å². The average molecular weight is 787 g/mol. The standard InChI is InChI=1S/C37H44F6N4O6S/c1-4-10-29-35(53-24-21-30(54-23-24)37(41,42)43,15-9-18-47(29)32(50)25-22-45-17-14-26(25)36(38,39)40)33(51)46(3)19-16-34(44,5-2)27-11-6-7-12-28(27)52-20-8-13-31(48)49/h6-7,11-12,14,17,21-23,29H,4-5,8-10,13,15-16,18-20,44H2,1-3H3,(H,48,49)/t29-,34?,35+/m1/s1. The van der Waals surface area contributed by atoms with Crippen molar-refractivity contribution in [2.24, 2.45) is 5.73 Å². The Hall–Kier alpha value is -4.38. The SMILES string of the molecule is CCC[C@H]1N(C(=O)c2cnccc2C(F)(F)F)CCC[C@@]1(Oc1csc(C(F)(F)F)c1)C(=O)N(C)CCC(N)(CC)c1ccccc1OCCCC(=O)O. The first kappa shape index (κ1) is 42.4. The quantitative estimate of drug-likeness (QED) is 0.111. The molecule has 1 fully saturated rings. The minimum Gasteiger partial charge on any atom is -0.493 e. The number of rotatable bonds is 16. The number of alkyl halides is 6. The van der Waals surface area contributed by atoms with E-state index in [0.717, 1.165) is 28.7 Å². The minimum atomic E-state index is -4.89. The summed E-state index contributed by atoms with van der Waals surface area (Å²) in [6.45, 7) is 3.68. The molecular formula is C37H44F6N4O6S. The van der Waals surface area contributed by atoms with Crippen LogP contribution >= 0.6 is 11.3 Å². The van der Waals surface area contributed by atoms with Gasteiger partial charge in [-0.2, -0.15) is 26.3 Å². The number of hydrogen-bond acceptors (Lipinski definition) is 8. The zero-order valence-electron chi connectivity index (χ0n) is 30.1. The molecule has 1 aromatic carbocycles. The molecule has 296 valence electrons. The maximum atomic E-state index is 14.8. The molecule has 1 saturated heterocycles. The van der Waals surface area contributed by atoms with Crippen molar-refractivity contribution >= 4 is 29.1 Å². The summed E-state index contributed by atoms with van der Waals surface area (Å²) < 4.78 is 95.3. The number of thiophene rings is 1. The summed E-state index contributed by atoms with van der Waals surface area (Å²) >= 11 is 0.365. The highest BCUT2D eigenvalue weighted by molar-refractivity contribution is 7.10. The molecule has 0 bridgehead atoms. The second-order valence-corrected chi connectivity index (χ2v) is 14.2. The summed E-state index contributed by atoms with van der Waals surface area (Å²) in [5.74, 6) is -2.51. The number of carboxylic acids is 1. The molecule has 0 aliphatic carbocycles. The number of benzene rings is 1. The molecule has 1 unspecified atom stereocenters. The number of carboxylic acid groups (broad SMARTS) is 1. The van der Waals surface area contributed by atoms with Gasteiger partial charge in [-0.25, -0.2) is 0 Å². The molecule has 3 heterocycles. The largest absolute Gasteiger partial charge is 0.493 e. The molecule has 0 radical (unpaired) electrons. The number of aliphatic carboxylic acids is 1.